The van der Waals surface area contributed by atoms with Crippen molar-refractivity contribution in [2.75, 3.05) is 0 Å². The highest BCUT2D eigenvalue weighted by Crippen LogP contribution is 2.45. The summed E-state index contributed by atoms with van der Waals surface area (Å²) in [4.78, 5) is 4.79. The number of hydrogen-bond donors (Lipinski definition) is 0. The van der Waals surface area contributed by atoms with Gasteiger partial charge in [0.25, 0.3) is 0 Å². The Hall–Kier alpha value is -7.03. The Morgan fingerprint density at radius 3 is 1.58 bits per heavy atom. The topological polar surface area (TPSA) is 17.8 Å². The third-order valence-corrected chi connectivity index (χ3v) is 9.45. The van der Waals surface area contributed by atoms with Gasteiger partial charge in [-0.3, -0.25) is 4.57 Å². The molecule has 0 N–H and O–H groups in total. The molecule has 2 heteroatoms. The Morgan fingerprint density at radius 1 is 0.377 bits per heavy atom. The van der Waals surface area contributed by atoms with Crippen LogP contribution in [0.2, 0.25) is 0 Å². The molecular weight excluding hydrogens is 641 g/mol. The summed E-state index contributed by atoms with van der Waals surface area (Å²) in [6.07, 6.45) is 0. The summed E-state index contributed by atoms with van der Waals surface area (Å²) < 4.78 is 130. The van der Waals surface area contributed by atoms with E-state index in [0.29, 0.717) is 44.4 Å². The van der Waals surface area contributed by atoms with Gasteiger partial charge in [-0.25, -0.2) is 4.98 Å². The van der Waals surface area contributed by atoms with Crippen LogP contribution in [0.1, 0.15) is 20.6 Å². The van der Waals surface area contributed by atoms with Crippen LogP contribution < -0.4 is 0 Å². The van der Waals surface area contributed by atoms with Crippen LogP contribution in [0.4, 0.5) is 0 Å². The van der Waals surface area contributed by atoms with Gasteiger partial charge in [-0.15, -0.1) is 0 Å². The molecule has 0 aliphatic carbocycles. The molecule has 0 amide bonds. The molecule has 53 heavy (non-hydrogen) atoms. The zero-order valence-electron chi connectivity index (χ0n) is 42.9. The quantitative estimate of drug-likeness (QED) is 0.159. The maximum Gasteiger partial charge on any atom is 0.145 e. The summed E-state index contributed by atoms with van der Waals surface area (Å²) in [5, 5.41) is 2.94. The third-order valence-electron chi connectivity index (χ3n) is 9.45. The lowest BCUT2D eigenvalue weighted by Gasteiger charge is -2.19. The lowest BCUT2D eigenvalue weighted by Crippen LogP contribution is -1.98. The van der Waals surface area contributed by atoms with Crippen LogP contribution in [0.15, 0.2) is 206 Å². The first-order valence-corrected chi connectivity index (χ1v) is 16.9. The normalized spacial score (nSPS) is 15.4. The second kappa shape index (κ2) is 12.9. The highest BCUT2D eigenvalue weighted by molar-refractivity contribution is 6.22. The molecule has 0 atom stereocenters. The van der Waals surface area contributed by atoms with Gasteiger partial charge in [0.05, 0.1) is 31.6 Å². The van der Waals surface area contributed by atoms with Crippen molar-refractivity contribution in [2.45, 2.75) is 0 Å². The van der Waals surface area contributed by atoms with Crippen molar-refractivity contribution in [1.29, 1.82) is 0 Å². The number of nitrogens with zero attached hydrogens (tertiary/aromatic N) is 2. The van der Waals surface area contributed by atoms with Gasteiger partial charge in [0.2, 0.25) is 0 Å². The van der Waals surface area contributed by atoms with Gasteiger partial charge in [0.1, 0.15) is 5.82 Å². The number of imidazole rings is 1. The summed E-state index contributed by atoms with van der Waals surface area (Å²) in [5.41, 5.74) is 5.41. The van der Waals surface area contributed by atoms with E-state index >= 15 is 0 Å². The largest absolute Gasteiger partial charge is 0.292 e. The van der Waals surface area contributed by atoms with Crippen LogP contribution in [-0.2, 0) is 0 Å². The van der Waals surface area contributed by atoms with Crippen molar-refractivity contribution in [2.24, 2.45) is 0 Å². The average molecular weight is 690 g/mol. The Morgan fingerprint density at radius 2 is 0.906 bits per heavy atom. The van der Waals surface area contributed by atoms with E-state index in [1.54, 1.807) is 41.0 Å². The monoisotopic (exact) mass is 689 g/mol. The van der Waals surface area contributed by atoms with Crippen LogP contribution in [0, 0.1) is 0 Å². The van der Waals surface area contributed by atoms with Crippen molar-refractivity contribution in [3.8, 4) is 61.6 Å². The predicted molar refractivity (Wildman–Crippen MR) is 223 cm³/mol. The fraction of sp³-hybridized carbons (Fsp3) is 0. The van der Waals surface area contributed by atoms with Crippen LogP contribution in [0.5, 0.6) is 0 Å². The van der Waals surface area contributed by atoms with Crippen molar-refractivity contribution in [1.82, 2.24) is 9.55 Å². The zero-order valence-corrected chi connectivity index (χ0v) is 27.9. The third kappa shape index (κ3) is 5.40. The average Bonchev–Trinajstić information content (AvgIpc) is 3.73. The van der Waals surface area contributed by atoms with Gasteiger partial charge in [-0.05, 0) is 102 Å². The molecule has 0 spiro atoms. The first kappa shape index (κ1) is 19.0. The van der Waals surface area contributed by atoms with Gasteiger partial charge in [0.15, 0.2) is 0 Å². The molecule has 1 aromatic heterocycles. The minimum absolute atomic E-state index is 0.0123. The van der Waals surface area contributed by atoms with E-state index in [2.05, 4.69) is 0 Å². The molecule has 2 nitrogen and oxygen atoms in total. The minimum atomic E-state index is -0.518. The van der Waals surface area contributed by atoms with E-state index in [1.165, 1.54) is 0 Å². The van der Waals surface area contributed by atoms with Gasteiger partial charge >= 0.3 is 0 Å². The molecule has 0 unspecified atom stereocenters. The fourth-order valence-electron chi connectivity index (χ4n) is 7.17. The Balaban J connectivity index is 1.24. The van der Waals surface area contributed by atoms with Crippen molar-refractivity contribution >= 4 is 32.6 Å². The Bertz CT molecular complexity index is 3720. The zero-order chi connectivity index (χ0) is 48.2. The second-order valence-corrected chi connectivity index (χ2v) is 12.4. The number of hydrogen-bond acceptors (Lipinski definition) is 1. The van der Waals surface area contributed by atoms with E-state index < -0.39 is 54.4 Å². The van der Waals surface area contributed by atoms with Crippen LogP contribution in [0.3, 0.4) is 0 Å². The molecule has 0 aliphatic rings. The molecule has 0 saturated carbocycles. The van der Waals surface area contributed by atoms with Gasteiger partial charge < -0.3 is 0 Å². The van der Waals surface area contributed by atoms with E-state index in [1.807, 2.05) is 78.9 Å². The summed E-state index contributed by atoms with van der Waals surface area (Å²) in [5.74, 6) is 0.169. The van der Waals surface area contributed by atoms with Crippen molar-refractivity contribution in [3.63, 3.8) is 0 Å². The number of benzene rings is 9. The van der Waals surface area contributed by atoms with E-state index in [4.69, 9.17) is 25.5 Å². The van der Waals surface area contributed by atoms with Crippen LogP contribution in [0.25, 0.3) is 94.2 Å². The number of fused-ring (bicyclic) bond motifs is 3. The molecule has 0 fully saturated rings. The predicted octanol–water partition coefficient (Wildman–Crippen LogP) is 13.7. The van der Waals surface area contributed by atoms with Gasteiger partial charge in [0, 0.05) is 11.3 Å². The maximum absolute atomic E-state index is 8.87. The Kier molecular flexibility index (Phi) is 4.64. The number of aromatic nitrogens is 2. The molecule has 1 heterocycles. The fourth-order valence-corrected chi connectivity index (χ4v) is 7.17. The second-order valence-electron chi connectivity index (χ2n) is 12.4. The van der Waals surface area contributed by atoms with Crippen molar-refractivity contribution in [3.05, 3.63) is 206 Å². The summed E-state index contributed by atoms with van der Waals surface area (Å²) >= 11 is 0. The van der Waals surface area contributed by atoms with E-state index in [9.17, 15) is 0 Å². The molecule has 0 bridgehead atoms. The standard InChI is InChI=1S/C51H34N2/c1-4-15-35(16-5-1)39-21-14-22-41(33-39)50-44-24-11-10-23-43(44)49(45-32-29-40(34-46(45)50)36-17-6-2-7-18-36)37-27-30-42(31-28-37)53-48-26-13-12-25-47(48)52-51(53)38-19-8-3-9-20-38/h1-34H/i1D,2D,3D,4D,5D,6D,7D,8D,9D,15D,16D,17D,18D,19D,20D. The SMILES string of the molecule is [2H]c1c([2H])c([2H])c(-c2cccc(-c3c4ccccc4c(-c4ccc(-n5c(-c6c([2H])c([2H])c([2H])c([2H])c6[2H])nc6ccccc65)cc4)c4ccc(-c5c([2H])c([2H])c([2H])c([2H])c5[2H])cc34)c2)c([2H])c1[2H]. The first-order valence-electron chi connectivity index (χ1n) is 24.4. The highest BCUT2D eigenvalue weighted by Gasteiger charge is 2.19. The lowest BCUT2D eigenvalue weighted by molar-refractivity contribution is 1.10. The molecular formula is C51H34N2. The molecule has 9 aromatic carbocycles. The smallest absolute Gasteiger partial charge is 0.145 e. The summed E-state index contributed by atoms with van der Waals surface area (Å²) in [6.45, 7) is 0. The Labute approximate surface area is 330 Å². The maximum atomic E-state index is 8.87. The van der Waals surface area contributed by atoms with Gasteiger partial charge in [-0.2, -0.15) is 0 Å². The summed E-state index contributed by atoms with van der Waals surface area (Å²) in [7, 11) is 0. The lowest BCUT2D eigenvalue weighted by atomic mass is 9.84. The molecule has 248 valence electrons. The molecule has 0 aliphatic heterocycles. The molecule has 0 saturated heterocycles. The minimum Gasteiger partial charge on any atom is -0.292 e. The first-order chi connectivity index (χ1) is 32.5. The number of rotatable bonds is 6. The molecule has 10 rings (SSSR count). The van der Waals surface area contributed by atoms with E-state index in [-0.39, 0.29) is 58.8 Å². The van der Waals surface area contributed by atoms with Crippen LogP contribution >= 0.6 is 0 Å². The van der Waals surface area contributed by atoms with E-state index in [0.717, 1.165) is 27.3 Å². The van der Waals surface area contributed by atoms with Crippen molar-refractivity contribution < 1.29 is 20.6 Å². The summed E-state index contributed by atoms with van der Waals surface area (Å²) in [6, 6.07) is 28.4. The molecule has 10 aromatic rings. The highest BCUT2D eigenvalue weighted by atomic mass is 15.1. The number of para-hydroxylation sites is 2. The van der Waals surface area contributed by atoms with Crippen LogP contribution in [-0.4, -0.2) is 9.55 Å². The molecule has 0 radical (unpaired) electrons. The van der Waals surface area contributed by atoms with Gasteiger partial charge in [-0.1, -0.05) is 169 Å².